The minimum absolute atomic E-state index is 0.0655. The zero-order valence-electron chi connectivity index (χ0n) is 14.3. The molecule has 2 aromatic rings. The summed E-state index contributed by atoms with van der Waals surface area (Å²) < 4.78 is 23.9. The SMILES string of the molecule is COc1ccc(C(=O)NCc2ccc(OCCCC(=O)O)cc2)cc1F. The number of methoxy groups -OCH3 is 1. The molecule has 0 heterocycles. The van der Waals surface area contributed by atoms with Crippen molar-refractivity contribution >= 4 is 11.9 Å². The maximum absolute atomic E-state index is 13.6. The molecule has 26 heavy (non-hydrogen) atoms. The van der Waals surface area contributed by atoms with Crippen LogP contribution in [0.5, 0.6) is 11.5 Å². The van der Waals surface area contributed by atoms with Crippen LogP contribution in [0.15, 0.2) is 42.5 Å². The third-order valence-electron chi connectivity index (χ3n) is 3.59. The van der Waals surface area contributed by atoms with Crippen LogP contribution in [0.2, 0.25) is 0 Å². The Labute approximate surface area is 150 Å². The van der Waals surface area contributed by atoms with Gasteiger partial charge >= 0.3 is 5.97 Å². The minimum Gasteiger partial charge on any atom is -0.494 e. The largest absolute Gasteiger partial charge is 0.494 e. The van der Waals surface area contributed by atoms with Gasteiger partial charge in [-0.05, 0) is 42.3 Å². The average Bonchev–Trinajstić information content (AvgIpc) is 2.64. The lowest BCUT2D eigenvalue weighted by Crippen LogP contribution is -2.22. The molecule has 138 valence electrons. The second-order valence-electron chi connectivity index (χ2n) is 5.52. The summed E-state index contributed by atoms with van der Waals surface area (Å²) in [6, 6.07) is 11.1. The van der Waals surface area contributed by atoms with Crippen LogP contribution in [0.25, 0.3) is 0 Å². The van der Waals surface area contributed by atoms with Crippen LogP contribution in [0, 0.1) is 5.82 Å². The number of aliphatic carboxylic acids is 1. The molecule has 0 fully saturated rings. The maximum Gasteiger partial charge on any atom is 0.303 e. The van der Waals surface area contributed by atoms with Crippen LogP contribution in [0.3, 0.4) is 0 Å². The van der Waals surface area contributed by atoms with Crippen LogP contribution < -0.4 is 14.8 Å². The maximum atomic E-state index is 13.6. The number of rotatable bonds is 9. The van der Waals surface area contributed by atoms with E-state index in [9.17, 15) is 14.0 Å². The Balaban J connectivity index is 1.82. The van der Waals surface area contributed by atoms with Crippen molar-refractivity contribution in [1.29, 1.82) is 0 Å². The van der Waals surface area contributed by atoms with E-state index in [4.69, 9.17) is 14.6 Å². The summed E-state index contributed by atoms with van der Waals surface area (Å²) in [5.41, 5.74) is 1.06. The van der Waals surface area contributed by atoms with E-state index in [0.717, 1.165) is 11.6 Å². The smallest absolute Gasteiger partial charge is 0.303 e. The lowest BCUT2D eigenvalue weighted by Gasteiger charge is -2.09. The fourth-order valence-corrected chi connectivity index (χ4v) is 2.21. The highest BCUT2D eigenvalue weighted by Gasteiger charge is 2.10. The molecular weight excluding hydrogens is 341 g/mol. The highest BCUT2D eigenvalue weighted by Crippen LogP contribution is 2.18. The molecule has 0 atom stereocenters. The van der Waals surface area contributed by atoms with E-state index < -0.39 is 11.8 Å². The fraction of sp³-hybridized carbons (Fsp3) is 0.263. The summed E-state index contributed by atoms with van der Waals surface area (Å²) in [5.74, 6) is -1.12. The molecule has 2 rings (SSSR count). The van der Waals surface area contributed by atoms with E-state index in [1.807, 2.05) is 0 Å². The molecule has 2 N–H and O–H groups in total. The van der Waals surface area contributed by atoms with E-state index in [-0.39, 0.29) is 30.2 Å². The Kier molecular flexibility index (Phi) is 6.96. The van der Waals surface area contributed by atoms with Gasteiger partial charge in [0.15, 0.2) is 11.6 Å². The molecule has 0 aliphatic rings. The predicted molar refractivity (Wildman–Crippen MR) is 92.9 cm³/mol. The summed E-state index contributed by atoms with van der Waals surface area (Å²) in [4.78, 5) is 22.5. The second kappa shape index (κ2) is 9.41. The van der Waals surface area contributed by atoms with Crippen molar-refractivity contribution in [2.75, 3.05) is 13.7 Å². The molecular formula is C19H20FNO5. The number of ether oxygens (including phenoxy) is 2. The van der Waals surface area contributed by atoms with Crippen LogP contribution in [0.4, 0.5) is 4.39 Å². The number of benzene rings is 2. The lowest BCUT2D eigenvalue weighted by atomic mass is 10.1. The number of nitrogens with one attached hydrogen (secondary N) is 1. The molecule has 0 aromatic heterocycles. The second-order valence-corrected chi connectivity index (χ2v) is 5.52. The molecule has 2 aromatic carbocycles. The van der Waals surface area contributed by atoms with Crippen molar-refractivity contribution in [1.82, 2.24) is 5.32 Å². The van der Waals surface area contributed by atoms with E-state index in [1.165, 1.54) is 19.2 Å². The molecule has 0 spiro atoms. The van der Waals surface area contributed by atoms with E-state index in [0.29, 0.717) is 18.8 Å². The number of halogens is 1. The third-order valence-corrected chi connectivity index (χ3v) is 3.59. The van der Waals surface area contributed by atoms with Gasteiger partial charge in [0.1, 0.15) is 5.75 Å². The summed E-state index contributed by atoms with van der Waals surface area (Å²) >= 11 is 0. The van der Waals surface area contributed by atoms with Crippen molar-refractivity contribution in [3.05, 3.63) is 59.4 Å². The topological polar surface area (TPSA) is 84.9 Å². The normalized spacial score (nSPS) is 10.2. The molecule has 0 aliphatic heterocycles. The molecule has 6 nitrogen and oxygen atoms in total. The Morgan fingerprint density at radius 3 is 2.50 bits per heavy atom. The van der Waals surface area contributed by atoms with Crippen molar-refractivity contribution in [2.24, 2.45) is 0 Å². The molecule has 0 saturated carbocycles. The fourth-order valence-electron chi connectivity index (χ4n) is 2.21. The molecule has 0 saturated heterocycles. The number of carbonyl (C=O) groups is 2. The number of hydrogen-bond acceptors (Lipinski definition) is 4. The zero-order valence-corrected chi connectivity index (χ0v) is 14.3. The first kappa shape index (κ1) is 19.2. The summed E-state index contributed by atoms with van der Waals surface area (Å²) in [6.45, 7) is 0.608. The van der Waals surface area contributed by atoms with E-state index in [2.05, 4.69) is 5.32 Å². The van der Waals surface area contributed by atoms with Gasteiger partial charge in [-0.3, -0.25) is 9.59 Å². The van der Waals surface area contributed by atoms with Crippen molar-refractivity contribution < 1.29 is 28.6 Å². The molecule has 1 amide bonds. The summed E-state index contributed by atoms with van der Waals surface area (Å²) in [5, 5.41) is 11.3. The number of carboxylic acids is 1. The van der Waals surface area contributed by atoms with Gasteiger partial charge < -0.3 is 19.9 Å². The first-order valence-electron chi connectivity index (χ1n) is 8.05. The van der Waals surface area contributed by atoms with E-state index >= 15 is 0 Å². The average molecular weight is 361 g/mol. The molecule has 0 radical (unpaired) electrons. The van der Waals surface area contributed by atoms with Gasteiger partial charge in [-0.2, -0.15) is 0 Å². The zero-order chi connectivity index (χ0) is 18.9. The van der Waals surface area contributed by atoms with Crippen LogP contribution >= 0.6 is 0 Å². The van der Waals surface area contributed by atoms with Crippen molar-refractivity contribution in [2.45, 2.75) is 19.4 Å². The van der Waals surface area contributed by atoms with Gasteiger partial charge in [0.2, 0.25) is 0 Å². The van der Waals surface area contributed by atoms with Gasteiger partial charge in [-0.1, -0.05) is 12.1 Å². The monoisotopic (exact) mass is 361 g/mol. The highest BCUT2D eigenvalue weighted by molar-refractivity contribution is 5.94. The Morgan fingerprint density at radius 1 is 1.15 bits per heavy atom. The first-order chi connectivity index (χ1) is 12.5. The number of carboxylic acid groups (broad SMARTS) is 1. The predicted octanol–water partition coefficient (Wildman–Crippen LogP) is 3.01. The van der Waals surface area contributed by atoms with Crippen LogP contribution in [0.1, 0.15) is 28.8 Å². The lowest BCUT2D eigenvalue weighted by molar-refractivity contribution is -0.137. The van der Waals surface area contributed by atoms with Crippen LogP contribution in [-0.4, -0.2) is 30.7 Å². The van der Waals surface area contributed by atoms with Gasteiger partial charge in [0, 0.05) is 18.5 Å². The third kappa shape index (κ3) is 5.77. The Bertz CT molecular complexity index is 761. The minimum atomic E-state index is -0.851. The number of carbonyl (C=O) groups excluding carboxylic acids is 1. The summed E-state index contributed by atoms with van der Waals surface area (Å²) in [7, 11) is 1.36. The van der Waals surface area contributed by atoms with Crippen molar-refractivity contribution in [3.63, 3.8) is 0 Å². The van der Waals surface area contributed by atoms with Gasteiger partial charge in [0.25, 0.3) is 5.91 Å². The molecule has 0 aliphatic carbocycles. The van der Waals surface area contributed by atoms with Gasteiger partial charge in [-0.25, -0.2) is 4.39 Å². The molecule has 7 heteroatoms. The molecule has 0 bridgehead atoms. The highest BCUT2D eigenvalue weighted by atomic mass is 19.1. The van der Waals surface area contributed by atoms with E-state index in [1.54, 1.807) is 24.3 Å². The first-order valence-corrected chi connectivity index (χ1v) is 8.05. The van der Waals surface area contributed by atoms with Gasteiger partial charge in [0.05, 0.1) is 13.7 Å². The quantitative estimate of drug-likeness (QED) is 0.671. The standard InChI is InChI=1S/C19H20FNO5/c1-25-17-9-6-14(11-16(17)20)19(24)21-12-13-4-7-15(8-5-13)26-10-2-3-18(22)23/h4-9,11H,2-3,10,12H2,1H3,(H,21,24)(H,22,23). The number of hydrogen-bond donors (Lipinski definition) is 2. The Hall–Kier alpha value is -3.09. The van der Waals surface area contributed by atoms with Crippen molar-refractivity contribution in [3.8, 4) is 11.5 Å². The van der Waals surface area contributed by atoms with Crippen LogP contribution in [-0.2, 0) is 11.3 Å². The summed E-state index contributed by atoms with van der Waals surface area (Å²) in [6.07, 6.45) is 0.502. The molecule has 0 unspecified atom stereocenters. The Morgan fingerprint density at radius 2 is 1.88 bits per heavy atom. The number of amides is 1. The van der Waals surface area contributed by atoms with Gasteiger partial charge in [-0.15, -0.1) is 0 Å².